The van der Waals surface area contributed by atoms with Gasteiger partial charge >= 0.3 is 0 Å². The lowest BCUT2D eigenvalue weighted by Crippen LogP contribution is -2.03. The third-order valence-electron chi connectivity index (χ3n) is 3.66. The van der Waals surface area contributed by atoms with Crippen molar-refractivity contribution in [1.82, 2.24) is 9.97 Å². The van der Waals surface area contributed by atoms with Gasteiger partial charge in [-0.1, -0.05) is 28.1 Å². The van der Waals surface area contributed by atoms with Crippen LogP contribution in [0.1, 0.15) is 11.4 Å². The van der Waals surface area contributed by atoms with Gasteiger partial charge in [0.25, 0.3) is 0 Å². The number of nitrogens with one attached hydrogen (secondary N) is 2. The van der Waals surface area contributed by atoms with Gasteiger partial charge in [-0.15, -0.1) is 0 Å². The van der Waals surface area contributed by atoms with Gasteiger partial charge in [0.2, 0.25) is 0 Å². The highest BCUT2D eigenvalue weighted by Gasteiger charge is 2.07. The molecule has 0 saturated carbocycles. The highest BCUT2D eigenvalue weighted by molar-refractivity contribution is 9.10. The van der Waals surface area contributed by atoms with Crippen molar-refractivity contribution in [1.29, 1.82) is 0 Å². The molecular weight excluding hydrogens is 380 g/mol. The molecule has 6 heteroatoms. The van der Waals surface area contributed by atoms with Crippen LogP contribution in [-0.4, -0.2) is 17.1 Å². The maximum atomic E-state index is 5.37. The van der Waals surface area contributed by atoms with Gasteiger partial charge in [-0.25, -0.2) is 9.97 Å². The third kappa shape index (κ3) is 4.28. The molecule has 3 rings (SSSR count). The van der Waals surface area contributed by atoms with Crippen LogP contribution >= 0.6 is 15.9 Å². The van der Waals surface area contributed by atoms with Crippen LogP contribution in [0.3, 0.4) is 0 Å². The molecular formula is C19H19BrN4O. The first kappa shape index (κ1) is 17.2. The number of ether oxygens (including phenoxy) is 1. The molecule has 0 fully saturated rings. The van der Waals surface area contributed by atoms with Crippen LogP contribution in [-0.2, 0) is 0 Å². The first-order valence-corrected chi connectivity index (χ1v) is 8.63. The van der Waals surface area contributed by atoms with Gasteiger partial charge < -0.3 is 15.4 Å². The molecule has 2 aromatic carbocycles. The minimum absolute atomic E-state index is 0.678. The number of benzene rings is 2. The average Bonchev–Trinajstić information content (AvgIpc) is 2.57. The van der Waals surface area contributed by atoms with Crippen molar-refractivity contribution >= 4 is 38.9 Å². The van der Waals surface area contributed by atoms with E-state index in [2.05, 4.69) is 49.5 Å². The van der Waals surface area contributed by atoms with E-state index in [0.29, 0.717) is 11.6 Å². The molecule has 25 heavy (non-hydrogen) atoms. The Morgan fingerprint density at radius 2 is 1.56 bits per heavy atom. The fourth-order valence-electron chi connectivity index (χ4n) is 2.49. The standard InChI is InChI=1S/C19H19BrN4O/c1-12-10-14(20)8-9-15(12)23-18-11-19(22-13(2)21-18)24-16-6-4-5-7-17(16)25-3/h4-11H,1-3H3,(H2,21,22,23,24). The van der Waals surface area contributed by atoms with Crippen molar-refractivity contribution in [3.05, 3.63) is 64.4 Å². The van der Waals surface area contributed by atoms with Crippen LogP contribution in [0.4, 0.5) is 23.0 Å². The fraction of sp³-hybridized carbons (Fsp3) is 0.158. The number of anilines is 4. The minimum Gasteiger partial charge on any atom is -0.495 e. The Labute approximate surface area is 155 Å². The van der Waals surface area contributed by atoms with Crippen LogP contribution in [0.2, 0.25) is 0 Å². The maximum Gasteiger partial charge on any atom is 0.142 e. The summed E-state index contributed by atoms with van der Waals surface area (Å²) in [4.78, 5) is 8.93. The molecule has 0 radical (unpaired) electrons. The zero-order valence-electron chi connectivity index (χ0n) is 14.3. The second-order valence-electron chi connectivity index (χ2n) is 5.60. The summed E-state index contributed by atoms with van der Waals surface area (Å²) in [5.74, 6) is 2.87. The fourth-order valence-corrected chi connectivity index (χ4v) is 2.96. The van der Waals surface area contributed by atoms with E-state index in [0.717, 1.165) is 33.0 Å². The Morgan fingerprint density at radius 3 is 2.24 bits per heavy atom. The van der Waals surface area contributed by atoms with Gasteiger partial charge in [-0.2, -0.15) is 0 Å². The number of aromatic nitrogens is 2. The second-order valence-corrected chi connectivity index (χ2v) is 6.51. The van der Waals surface area contributed by atoms with Crippen molar-refractivity contribution in [2.45, 2.75) is 13.8 Å². The van der Waals surface area contributed by atoms with Crippen molar-refractivity contribution in [2.75, 3.05) is 17.7 Å². The zero-order valence-corrected chi connectivity index (χ0v) is 15.9. The Balaban J connectivity index is 1.87. The number of rotatable bonds is 5. The normalized spacial score (nSPS) is 10.4. The predicted octanol–water partition coefficient (Wildman–Crippen LogP) is 5.35. The van der Waals surface area contributed by atoms with Crippen molar-refractivity contribution in [2.24, 2.45) is 0 Å². The van der Waals surface area contributed by atoms with Crippen LogP contribution in [0.25, 0.3) is 0 Å². The molecule has 0 amide bonds. The van der Waals surface area contributed by atoms with E-state index in [-0.39, 0.29) is 0 Å². The highest BCUT2D eigenvalue weighted by atomic mass is 79.9. The highest BCUT2D eigenvalue weighted by Crippen LogP contribution is 2.28. The van der Waals surface area contributed by atoms with Crippen molar-refractivity contribution in [3.63, 3.8) is 0 Å². The van der Waals surface area contributed by atoms with Gasteiger partial charge in [0.05, 0.1) is 12.8 Å². The van der Waals surface area contributed by atoms with Crippen LogP contribution < -0.4 is 15.4 Å². The Hall–Kier alpha value is -2.60. The lowest BCUT2D eigenvalue weighted by atomic mass is 10.2. The summed E-state index contributed by atoms with van der Waals surface area (Å²) in [5, 5.41) is 6.64. The molecule has 0 aliphatic rings. The van der Waals surface area contributed by atoms with E-state index in [1.807, 2.05) is 49.4 Å². The van der Waals surface area contributed by atoms with Gasteiger partial charge in [-0.3, -0.25) is 0 Å². The molecule has 128 valence electrons. The summed E-state index contributed by atoms with van der Waals surface area (Å²) < 4.78 is 6.42. The molecule has 0 bridgehead atoms. The topological polar surface area (TPSA) is 59.1 Å². The van der Waals surface area contributed by atoms with E-state index in [1.165, 1.54) is 0 Å². The molecule has 0 saturated heterocycles. The van der Waals surface area contributed by atoms with Gasteiger partial charge in [0.1, 0.15) is 23.2 Å². The van der Waals surface area contributed by atoms with Gasteiger partial charge in [0, 0.05) is 16.2 Å². The zero-order chi connectivity index (χ0) is 17.8. The Bertz CT molecular complexity index is 898. The van der Waals surface area contributed by atoms with Crippen LogP contribution in [0, 0.1) is 13.8 Å². The number of para-hydroxylation sites is 2. The third-order valence-corrected chi connectivity index (χ3v) is 4.15. The number of aryl methyl sites for hydroxylation is 2. The number of nitrogens with zero attached hydrogens (tertiary/aromatic N) is 2. The monoisotopic (exact) mass is 398 g/mol. The molecule has 5 nitrogen and oxygen atoms in total. The Kier molecular flexibility index (Phi) is 5.19. The van der Waals surface area contributed by atoms with E-state index >= 15 is 0 Å². The average molecular weight is 399 g/mol. The van der Waals surface area contributed by atoms with E-state index < -0.39 is 0 Å². The largest absolute Gasteiger partial charge is 0.495 e. The lowest BCUT2D eigenvalue weighted by Gasteiger charge is -2.13. The lowest BCUT2D eigenvalue weighted by molar-refractivity contribution is 0.417. The minimum atomic E-state index is 0.678. The summed E-state index contributed by atoms with van der Waals surface area (Å²) in [7, 11) is 1.65. The van der Waals surface area contributed by atoms with Crippen molar-refractivity contribution in [3.8, 4) is 5.75 Å². The Morgan fingerprint density at radius 1 is 0.880 bits per heavy atom. The first-order chi connectivity index (χ1) is 12.0. The quantitative estimate of drug-likeness (QED) is 0.606. The van der Waals surface area contributed by atoms with Crippen LogP contribution in [0.5, 0.6) is 5.75 Å². The maximum absolute atomic E-state index is 5.37. The molecule has 3 aromatic rings. The summed E-state index contributed by atoms with van der Waals surface area (Å²) >= 11 is 3.48. The number of hydrogen-bond acceptors (Lipinski definition) is 5. The smallest absolute Gasteiger partial charge is 0.142 e. The summed E-state index contributed by atoms with van der Waals surface area (Å²) in [6.07, 6.45) is 0. The summed E-state index contributed by atoms with van der Waals surface area (Å²) in [5.41, 5.74) is 2.99. The molecule has 0 aliphatic carbocycles. The van der Waals surface area contributed by atoms with Crippen molar-refractivity contribution < 1.29 is 4.74 Å². The molecule has 0 spiro atoms. The second kappa shape index (κ2) is 7.53. The molecule has 0 unspecified atom stereocenters. The number of halogens is 1. The van der Waals surface area contributed by atoms with Crippen LogP contribution in [0.15, 0.2) is 53.0 Å². The first-order valence-electron chi connectivity index (χ1n) is 7.84. The van der Waals surface area contributed by atoms with Gasteiger partial charge in [0.15, 0.2) is 0 Å². The summed E-state index contributed by atoms with van der Waals surface area (Å²) in [6.45, 7) is 3.92. The van der Waals surface area contributed by atoms with E-state index in [1.54, 1.807) is 7.11 Å². The SMILES string of the molecule is COc1ccccc1Nc1cc(Nc2ccc(Br)cc2C)nc(C)n1. The number of hydrogen-bond donors (Lipinski definition) is 2. The van der Waals surface area contributed by atoms with Gasteiger partial charge in [-0.05, 0) is 49.7 Å². The van der Waals surface area contributed by atoms with E-state index in [4.69, 9.17) is 4.74 Å². The van der Waals surface area contributed by atoms with E-state index in [9.17, 15) is 0 Å². The number of methoxy groups -OCH3 is 1. The molecule has 2 N–H and O–H groups in total. The summed E-state index contributed by atoms with van der Waals surface area (Å²) in [6, 6.07) is 15.7. The predicted molar refractivity (Wildman–Crippen MR) is 105 cm³/mol. The molecule has 1 aromatic heterocycles. The molecule has 1 heterocycles. The molecule has 0 atom stereocenters. The molecule has 0 aliphatic heterocycles.